The average Bonchev–Trinajstić information content (AvgIpc) is 3.25. The maximum atomic E-state index is 13.7. The Hall–Kier alpha value is -3.89. The van der Waals surface area contributed by atoms with Gasteiger partial charge in [0, 0.05) is 31.0 Å². The highest BCUT2D eigenvalue weighted by atomic mass is 16.6. The molecule has 1 aromatic carbocycles. The van der Waals surface area contributed by atoms with E-state index < -0.39 is 41.6 Å². The minimum Gasteiger partial charge on any atom is -0.443 e. The van der Waals surface area contributed by atoms with E-state index in [4.69, 9.17) is 4.74 Å². The van der Waals surface area contributed by atoms with Gasteiger partial charge in [-0.15, -0.1) is 0 Å². The predicted octanol–water partition coefficient (Wildman–Crippen LogP) is 2.79. The number of nitrogens with one attached hydrogen (secondary N) is 4. The van der Waals surface area contributed by atoms with Crippen molar-refractivity contribution in [2.24, 2.45) is 5.92 Å². The zero-order valence-corrected chi connectivity index (χ0v) is 24.8. The Bertz CT molecular complexity index is 1280. The minimum absolute atomic E-state index is 0.0288. The lowest BCUT2D eigenvalue weighted by Crippen LogP contribution is -2.58. The molecule has 2 aromatic rings. The number of ether oxygens (including phenoxy) is 1. The fourth-order valence-corrected chi connectivity index (χ4v) is 4.68. The molecule has 224 valence electrons. The van der Waals surface area contributed by atoms with Gasteiger partial charge in [-0.05, 0) is 58.1 Å². The van der Waals surface area contributed by atoms with Crippen LogP contribution in [0.25, 0.3) is 10.9 Å². The first kappa shape index (κ1) is 31.6. The number of hydrogen-bond donors (Lipinski definition) is 4. The molecule has 11 nitrogen and oxygen atoms in total. The van der Waals surface area contributed by atoms with E-state index in [1.165, 1.54) is 4.57 Å². The van der Waals surface area contributed by atoms with Crippen LogP contribution in [0, 0.1) is 5.92 Å². The Morgan fingerprint density at radius 2 is 1.68 bits per heavy atom. The van der Waals surface area contributed by atoms with E-state index in [0.29, 0.717) is 35.9 Å². The van der Waals surface area contributed by atoms with E-state index >= 15 is 0 Å². The molecule has 0 saturated carbocycles. The summed E-state index contributed by atoms with van der Waals surface area (Å²) < 4.78 is 6.96. The number of para-hydroxylation sites is 1. The number of carbonyl (C=O) groups is 5. The smallest absolute Gasteiger partial charge is 0.419 e. The van der Waals surface area contributed by atoms with Crippen molar-refractivity contribution < 1.29 is 28.7 Å². The molecular weight excluding hydrogens is 526 g/mol. The number of aromatic nitrogens is 1. The Balaban J connectivity index is 1.97. The molecule has 1 aliphatic rings. The number of fused-ring (bicyclic) bond motifs is 1. The van der Waals surface area contributed by atoms with Gasteiger partial charge in [-0.25, -0.2) is 4.79 Å². The van der Waals surface area contributed by atoms with E-state index in [1.54, 1.807) is 46.0 Å². The first-order chi connectivity index (χ1) is 19.3. The van der Waals surface area contributed by atoms with Crippen LogP contribution in [0.4, 0.5) is 4.79 Å². The first-order valence-corrected chi connectivity index (χ1v) is 14.3. The van der Waals surface area contributed by atoms with Crippen LogP contribution in [-0.2, 0) is 30.3 Å². The first-order valence-electron chi connectivity index (χ1n) is 14.3. The van der Waals surface area contributed by atoms with Crippen LogP contribution >= 0.6 is 0 Å². The predicted molar refractivity (Wildman–Crippen MR) is 155 cm³/mol. The van der Waals surface area contributed by atoms with Crippen molar-refractivity contribution in [3.8, 4) is 0 Å². The third-order valence-electron chi connectivity index (χ3n) is 6.84. The Morgan fingerprint density at radius 3 is 2.37 bits per heavy atom. The molecule has 4 amide bonds. The van der Waals surface area contributed by atoms with Gasteiger partial charge < -0.3 is 26.0 Å². The number of carbonyl (C=O) groups excluding carboxylic acids is 5. The van der Waals surface area contributed by atoms with Gasteiger partial charge in [-0.2, -0.15) is 0 Å². The summed E-state index contributed by atoms with van der Waals surface area (Å²) in [6.07, 6.45) is 3.39. The molecule has 1 saturated heterocycles. The van der Waals surface area contributed by atoms with Gasteiger partial charge >= 0.3 is 6.09 Å². The molecule has 1 aliphatic heterocycles. The van der Waals surface area contributed by atoms with Crippen LogP contribution in [0.5, 0.6) is 0 Å². The quantitative estimate of drug-likeness (QED) is 0.447. The summed E-state index contributed by atoms with van der Waals surface area (Å²) in [6.45, 7) is 11.0. The topological polar surface area (TPSA) is 148 Å². The second kappa shape index (κ2) is 13.6. The van der Waals surface area contributed by atoms with E-state index in [9.17, 15) is 24.0 Å². The van der Waals surface area contributed by atoms with Gasteiger partial charge in [-0.3, -0.25) is 23.7 Å². The van der Waals surface area contributed by atoms with Gasteiger partial charge in [0.1, 0.15) is 23.7 Å². The minimum atomic E-state index is -1.10. The summed E-state index contributed by atoms with van der Waals surface area (Å²) >= 11 is 0. The lowest BCUT2D eigenvalue weighted by atomic mass is 10.00. The zero-order valence-electron chi connectivity index (χ0n) is 24.8. The fraction of sp³-hybridized carbons (Fsp3) is 0.567. The molecule has 0 unspecified atom stereocenters. The van der Waals surface area contributed by atoms with Crippen molar-refractivity contribution in [3.63, 3.8) is 0 Å². The number of amides is 4. The normalized spacial score (nSPS) is 22.1. The molecule has 11 heteroatoms. The van der Waals surface area contributed by atoms with Crippen molar-refractivity contribution in [3.05, 3.63) is 36.0 Å². The molecule has 0 bridgehead atoms. The van der Waals surface area contributed by atoms with Crippen LogP contribution in [-0.4, -0.2) is 64.6 Å². The Kier molecular flexibility index (Phi) is 10.5. The van der Waals surface area contributed by atoms with E-state index in [1.807, 2.05) is 26.0 Å². The molecule has 3 atom stereocenters. The maximum Gasteiger partial charge on any atom is 0.419 e. The molecule has 2 heterocycles. The van der Waals surface area contributed by atoms with E-state index in [0.717, 1.165) is 6.42 Å². The summed E-state index contributed by atoms with van der Waals surface area (Å²) in [5.41, 5.74) is 0.507. The fourth-order valence-electron chi connectivity index (χ4n) is 4.68. The summed E-state index contributed by atoms with van der Waals surface area (Å²) in [5, 5.41) is 11.9. The molecule has 1 aromatic heterocycles. The van der Waals surface area contributed by atoms with Crippen LogP contribution < -0.4 is 21.3 Å². The standard InChI is InChI=1S/C30H43N5O6/c1-18(2)25-28(39)31-15-11-7-8-14-24(36)32-19(3)26(37)33-22(27(38)34-25)16-20-17-35(29(40)41-30(4,5)6)23-13-10-9-12-21(20)23/h9-10,12-13,17-19,22,25H,7-8,11,14-16H2,1-6H3,(H,31,39)(H,32,36)(H,33,37)(H,34,38)/t19-,22+,25-/m0/s1. The van der Waals surface area contributed by atoms with Crippen LogP contribution in [0.1, 0.15) is 72.8 Å². The molecule has 4 N–H and O–H groups in total. The average molecular weight is 570 g/mol. The molecule has 3 rings (SSSR count). The number of nitrogens with zero attached hydrogens (tertiary/aromatic N) is 1. The van der Waals surface area contributed by atoms with Gasteiger partial charge in [0.15, 0.2) is 0 Å². The lowest BCUT2D eigenvalue weighted by Gasteiger charge is -2.26. The molecule has 0 radical (unpaired) electrons. The SMILES string of the molecule is CC(C)[C@@H]1NC(=O)[C@@H](Cc2cn(C(=O)OC(C)(C)C)c3ccccc23)NC(=O)[C@H](C)NC(=O)CCCCCNC1=O. The highest BCUT2D eigenvalue weighted by Crippen LogP contribution is 2.24. The lowest BCUT2D eigenvalue weighted by molar-refractivity contribution is -0.134. The summed E-state index contributed by atoms with van der Waals surface area (Å²) in [4.78, 5) is 65.1. The number of hydrogen-bond acceptors (Lipinski definition) is 6. The van der Waals surface area contributed by atoms with E-state index in [2.05, 4.69) is 21.3 Å². The second-order valence-corrected chi connectivity index (χ2v) is 11.9. The monoisotopic (exact) mass is 569 g/mol. The highest BCUT2D eigenvalue weighted by Gasteiger charge is 2.31. The van der Waals surface area contributed by atoms with E-state index in [-0.39, 0.29) is 30.6 Å². The molecular formula is C30H43N5O6. The largest absolute Gasteiger partial charge is 0.443 e. The van der Waals surface area contributed by atoms with Gasteiger partial charge in [0.2, 0.25) is 23.6 Å². The van der Waals surface area contributed by atoms with Gasteiger partial charge in [0.25, 0.3) is 0 Å². The van der Waals surface area contributed by atoms with Crippen LogP contribution in [0.2, 0.25) is 0 Å². The van der Waals surface area contributed by atoms with Crippen LogP contribution in [0.15, 0.2) is 30.5 Å². The maximum absolute atomic E-state index is 13.7. The third kappa shape index (κ3) is 8.80. The molecule has 0 aliphatic carbocycles. The third-order valence-corrected chi connectivity index (χ3v) is 6.84. The summed E-state index contributed by atoms with van der Waals surface area (Å²) in [5.74, 6) is -1.86. The summed E-state index contributed by atoms with van der Waals surface area (Å²) in [7, 11) is 0. The van der Waals surface area contributed by atoms with Crippen LogP contribution in [0.3, 0.4) is 0 Å². The zero-order chi connectivity index (χ0) is 30.3. The van der Waals surface area contributed by atoms with Crippen molar-refractivity contribution in [1.82, 2.24) is 25.8 Å². The summed E-state index contributed by atoms with van der Waals surface area (Å²) in [6, 6.07) is 4.43. The Labute approximate surface area is 241 Å². The van der Waals surface area contributed by atoms with Crippen molar-refractivity contribution in [2.75, 3.05) is 6.54 Å². The molecule has 0 spiro atoms. The molecule has 1 fully saturated rings. The number of rotatable bonds is 3. The van der Waals surface area contributed by atoms with Crippen molar-refractivity contribution in [2.45, 2.75) is 97.4 Å². The van der Waals surface area contributed by atoms with Crippen molar-refractivity contribution in [1.29, 1.82) is 0 Å². The Morgan fingerprint density at radius 1 is 0.976 bits per heavy atom. The highest BCUT2D eigenvalue weighted by molar-refractivity contribution is 5.96. The van der Waals surface area contributed by atoms with Gasteiger partial charge in [-0.1, -0.05) is 38.5 Å². The second-order valence-electron chi connectivity index (χ2n) is 11.9. The van der Waals surface area contributed by atoms with Crippen molar-refractivity contribution >= 4 is 40.6 Å². The molecule has 41 heavy (non-hydrogen) atoms. The van der Waals surface area contributed by atoms with Gasteiger partial charge in [0.05, 0.1) is 5.52 Å². The number of benzene rings is 1.